The second-order valence-electron chi connectivity index (χ2n) is 4.59. The highest BCUT2D eigenvalue weighted by Gasteiger charge is 2.42. The molecule has 1 heterocycles. The van der Waals surface area contributed by atoms with E-state index in [2.05, 4.69) is 0 Å². The quantitative estimate of drug-likeness (QED) is 0.750. The first-order valence-electron chi connectivity index (χ1n) is 5.70. The highest BCUT2D eigenvalue weighted by Crippen LogP contribution is 2.27. The number of anilines is 1. The zero-order chi connectivity index (χ0) is 12.6. The van der Waals surface area contributed by atoms with Crippen LogP contribution in [-0.2, 0) is 4.79 Å². The molecule has 1 amide bonds. The van der Waals surface area contributed by atoms with Gasteiger partial charge in [0, 0.05) is 7.05 Å². The van der Waals surface area contributed by atoms with E-state index in [0.29, 0.717) is 5.11 Å². The summed E-state index contributed by atoms with van der Waals surface area (Å²) in [6.45, 7) is 4.08. The number of nitrogens with zero attached hydrogens (tertiary/aromatic N) is 2. The van der Waals surface area contributed by atoms with Crippen molar-refractivity contribution in [1.82, 2.24) is 4.90 Å². The molecule has 0 aromatic heterocycles. The molecule has 0 bridgehead atoms. The summed E-state index contributed by atoms with van der Waals surface area (Å²) in [5, 5.41) is 0.583. The molecular formula is C13H16N2OS. The van der Waals surface area contributed by atoms with Gasteiger partial charge in [0.25, 0.3) is 5.91 Å². The Morgan fingerprint density at radius 3 is 2.29 bits per heavy atom. The number of para-hydroxylation sites is 1. The van der Waals surface area contributed by atoms with Crippen LogP contribution in [0.5, 0.6) is 0 Å². The van der Waals surface area contributed by atoms with Crippen molar-refractivity contribution in [2.75, 3.05) is 11.9 Å². The summed E-state index contributed by atoms with van der Waals surface area (Å²) in [5.74, 6) is 0.317. The number of rotatable bonds is 2. The third-order valence-corrected chi connectivity index (χ3v) is 3.50. The zero-order valence-electron chi connectivity index (χ0n) is 10.3. The standard InChI is InChI=1S/C13H16N2OS/c1-9(2)11-12(16)15(13(17)14(11)3)10-7-5-4-6-8-10/h4-9,11H,1-3H3. The lowest BCUT2D eigenvalue weighted by molar-refractivity contribution is -0.120. The maximum absolute atomic E-state index is 12.4. The fourth-order valence-electron chi connectivity index (χ4n) is 2.22. The lowest BCUT2D eigenvalue weighted by Crippen LogP contribution is -2.35. The van der Waals surface area contributed by atoms with E-state index in [1.807, 2.05) is 56.1 Å². The summed E-state index contributed by atoms with van der Waals surface area (Å²) in [4.78, 5) is 15.9. The number of hydrogen-bond acceptors (Lipinski definition) is 2. The van der Waals surface area contributed by atoms with Crippen molar-refractivity contribution in [3.8, 4) is 0 Å². The van der Waals surface area contributed by atoms with E-state index in [1.165, 1.54) is 0 Å². The van der Waals surface area contributed by atoms with Gasteiger partial charge in [0.1, 0.15) is 6.04 Å². The molecule has 90 valence electrons. The largest absolute Gasteiger partial charge is 0.339 e. The van der Waals surface area contributed by atoms with Crippen LogP contribution in [0.2, 0.25) is 0 Å². The van der Waals surface area contributed by atoms with Gasteiger partial charge in [-0.15, -0.1) is 0 Å². The van der Waals surface area contributed by atoms with Crippen molar-refractivity contribution >= 4 is 28.9 Å². The summed E-state index contributed by atoms with van der Waals surface area (Å²) in [5.41, 5.74) is 0.845. The maximum Gasteiger partial charge on any atom is 0.256 e. The van der Waals surface area contributed by atoms with Gasteiger partial charge in [-0.05, 0) is 30.3 Å². The monoisotopic (exact) mass is 248 g/mol. The van der Waals surface area contributed by atoms with Crippen LogP contribution in [0.15, 0.2) is 30.3 Å². The van der Waals surface area contributed by atoms with Crippen LogP contribution in [0.3, 0.4) is 0 Å². The van der Waals surface area contributed by atoms with E-state index in [9.17, 15) is 4.79 Å². The number of amides is 1. The molecule has 0 N–H and O–H groups in total. The van der Waals surface area contributed by atoms with Crippen LogP contribution in [0.4, 0.5) is 5.69 Å². The Morgan fingerprint density at radius 2 is 1.82 bits per heavy atom. The average molecular weight is 248 g/mol. The summed E-state index contributed by atoms with van der Waals surface area (Å²) < 4.78 is 0. The second kappa shape index (κ2) is 4.45. The molecule has 1 aliphatic heterocycles. The predicted molar refractivity (Wildman–Crippen MR) is 72.9 cm³/mol. The Balaban J connectivity index is 2.38. The fraction of sp³-hybridized carbons (Fsp3) is 0.385. The Morgan fingerprint density at radius 1 is 1.24 bits per heavy atom. The van der Waals surface area contributed by atoms with E-state index in [4.69, 9.17) is 12.2 Å². The molecule has 1 aliphatic rings. The number of thiocarbonyl (C=S) groups is 1. The van der Waals surface area contributed by atoms with Gasteiger partial charge in [-0.1, -0.05) is 32.0 Å². The molecule has 0 saturated carbocycles. The second-order valence-corrected chi connectivity index (χ2v) is 4.96. The molecule has 4 heteroatoms. The van der Waals surface area contributed by atoms with Crippen molar-refractivity contribution in [1.29, 1.82) is 0 Å². The highest BCUT2D eigenvalue weighted by molar-refractivity contribution is 7.80. The van der Waals surface area contributed by atoms with E-state index >= 15 is 0 Å². The van der Waals surface area contributed by atoms with Gasteiger partial charge in [0.15, 0.2) is 5.11 Å². The SMILES string of the molecule is CC(C)C1C(=O)N(c2ccccc2)C(=S)N1C. The summed E-state index contributed by atoms with van der Waals surface area (Å²) in [6, 6.07) is 9.41. The van der Waals surface area contributed by atoms with Crippen LogP contribution in [0.1, 0.15) is 13.8 Å². The van der Waals surface area contributed by atoms with Gasteiger partial charge in [0.05, 0.1) is 5.69 Å². The number of benzene rings is 1. The van der Waals surface area contributed by atoms with Crippen molar-refractivity contribution in [2.24, 2.45) is 5.92 Å². The third-order valence-electron chi connectivity index (χ3n) is 3.03. The van der Waals surface area contributed by atoms with Gasteiger partial charge < -0.3 is 4.90 Å². The molecule has 1 unspecified atom stereocenters. The normalized spacial score (nSPS) is 20.6. The van der Waals surface area contributed by atoms with Gasteiger partial charge >= 0.3 is 0 Å². The summed E-state index contributed by atoms with van der Waals surface area (Å²) in [6.07, 6.45) is 0. The molecule has 0 radical (unpaired) electrons. The van der Waals surface area contributed by atoms with E-state index in [-0.39, 0.29) is 17.9 Å². The molecule has 1 saturated heterocycles. The number of carbonyl (C=O) groups excluding carboxylic acids is 1. The Bertz CT molecular complexity index is 444. The van der Waals surface area contributed by atoms with Crippen molar-refractivity contribution in [2.45, 2.75) is 19.9 Å². The number of likely N-dealkylation sites (N-methyl/N-ethyl adjacent to an activating group) is 1. The summed E-state index contributed by atoms with van der Waals surface area (Å²) >= 11 is 5.35. The van der Waals surface area contributed by atoms with Crippen LogP contribution in [0, 0.1) is 5.92 Å². The first-order chi connectivity index (χ1) is 8.04. The van der Waals surface area contributed by atoms with Crippen LogP contribution in [-0.4, -0.2) is 29.0 Å². The minimum absolute atomic E-state index is 0.0682. The predicted octanol–water partition coefficient (Wildman–Crippen LogP) is 2.27. The van der Waals surface area contributed by atoms with Crippen molar-refractivity contribution in [3.63, 3.8) is 0 Å². The average Bonchev–Trinajstić information content (AvgIpc) is 2.51. The van der Waals surface area contributed by atoms with Crippen molar-refractivity contribution in [3.05, 3.63) is 30.3 Å². The van der Waals surface area contributed by atoms with E-state index < -0.39 is 0 Å². The molecule has 1 aromatic carbocycles. The maximum atomic E-state index is 12.4. The molecule has 0 aliphatic carbocycles. The van der Waals surface area contributed by atoms with Gasteiger partial charge in [0.2, 0.25) is 0 Å². The van der Waals surface area contributed by atoms with Crippen LogP contribution < -0.4 is 4.90 Å². The molecule has 17 heavy (non-hydrogen) atoms. The fourth-order valence-corrected chi connectivity index (χ4v) is 2.52. The van der Waals surface area contributed by atoms with E-state index in [1.54, 1.807) is 4.90 Å². The van der Waals surface area contributed by atoms with E-state index in [0.717, 1.165) is 5.69 Å². The summed E-state index contributed by atoms with van der Waals surface area (Å²) in [7, 11) is 1.88. The van der Waals surface area contributed by atoms with Crippen molar-refractivity contribution < 1.29 is 4.79 Å². The topological polar surface area (TPSA) is 23.6 Å². The lowest BCUT2D eigenvalue weighted by Gasteiger charge is -2.20. The molecule has 3 nitrogen and oxygen atoms in total. The zero-order valence-corrected chi connectivity index (χ0v) is 11.1. The Hall–Kier alpha value is -1.42. The molecule has 1 aromatic rings. The lowest BCUT2D eigenvalue weighted by atomic mass is 10.0. The molecule has 1 atom stereocenters. The first-order valence-corrected chi connectivity index (χ1v) is 6.10. The number of hydrogen-bond donors (Lipinski definition) is 0. The highest BCUT2D eigenvalue weighted by atomic mass is 32.1. The minimum atomic E-state index is -0.150. The first kappa shape index (κ1) is 12.0. The number of carbonyl (C=O) groups is 1. The van der Waals surface area contributed by atoms with Gasteiger partial charge in [-0.25, -0.2) is 0 Å². The minimum Gasteiger partial charge on any atom is -0.339 e. The van der Waals surface area contributed by atoms with Crippen LogP contribution >= 0.6 is 12.2 Å². The molecule has 2 rings (SSSR count). The van der Waals surface area contributed by atoms with Crippen LogP contribution in [0.25, 0.3) is 0 Å². The molecular weight excluding hydrogens is 232 g/mol. The molecule has 0 spiro atoms. The smallest absolute Gasteiger partial charge is 0.256 e. The molecule has 1 fully saturated rings. The Labute approximate surface area is 107 Å². The third kappa shape index (κ3) is 1.93. The van der Waals surface area contributed by atoms with Gasteiger partial charge in [-0.2, -0.15) is 0 Å². The Kier molecular flexibility index (Phi) is 3.15. The van der Waals surface area contributed by atoms with Gasteiger partial charge in [-0.3, -0.25) is 9.69 Å².